The first kappa shape index (κ1) is 14.8. The lowest BCUT2D eigenvalue weighted by atomic mass is 10.0. The largest absolute Gasteiger partial charge is 0.311 e. The molecule has 1 aliphatic carbocycles. The molecule has 1 N–H and O–H groups in total. The molecular weight excluding hydrogens is 274 g/mol. The zero-order valence-corrected chi connectivity index (χ0v) is 13.1. The molecule has 22 heavy (non-hydrogen) atoms. The van der Waals surface area contributed by atoms with Crippen LogP contribution in [-0.4, -0.2) is 15.7 Å². The first-order valence-corrected chi connectivity index (χ1v) is 8.09. The first-order valence-electron chi connectivity index (χ1n) is 8.09. The molecule has 116 valence electrons. The van der Waals surface area contributed by atoms with Crippen molar-refractivity contribution in [2.24, 2.45) is 5.92 Å². The maximum atomic E-state index is 12.2. The van der Waals surface area contributed by atoms with Crippen molar-refractivity contribution in [1.29, 1.82) is 0 Å². The van der Waals surface area contributed by atoms with Gasteiger partial charge in [0, 0.05) is 12.5 Å². The van der Waals surface area contributed by atoms with Crippen molar-refractivity contribution in [3.8, 4) is 0 Å². The van der Waals surface area contributed by atoms with E-state index in [1.807, 2.05) is 35.9 Å². The van der Waals surface area contributed by atoms with E-state index in [-0.39, 0.29) is 5.91 Å². The van der Waals surface area contributed by atoms with Crippen LogP contribution in [0.15, 0.2) is 36.4 Å². The molecule has 1 aliphatic rings. The second-order valence-electron chi connectivity index (χ2n) is 6.22. The van der Waals surface area contributed by atoms with Crippen molar-refractivity contribution >= 4 is 11.7 Å². The van der Waals surface area contributed by atoms with E-state index in [4.69, 9.17) is 0 Å². The Bertz CT molecular complexity index is 627. The Morgan fingerprint density at radius 3 is 2.73 bits per heavy atom. The van der Waals surface area contributed by atoms with Gasteiger partial charge in [0.05, 0.1) is 12.2 Å². The van der Waals surface area contributed by atoms with Gasteiger partial charge in [-0.15, -0.1) is 0 Å². The molecule has 1 amide bonds. The minimum atomic E-state index is 0.112. The van der Waals surface area contributed by atoms with Crippen LogP contribution < -0.4 is 5.32 Å². The summed E-state index contributed by atoms with van der Waals surface area (Å²) in [4.78, 5) is 12.2. The SMILES string of the molecule is Cc1cc(NC(=O)CC2CCCC2)n(Cc2ccccc2)n1. The van der Waals surface area contributed by atoms with Crippen LogP contribution in [0.25, 0.3) is 0 Å². The average Bonchev–Trinajstić information content (AvgIpc) is 3.10. The van der Waals surface area contributed by atoms with Gasteiger partial charge in [-0.25, -0.2) is 4.68 Å². The highest BCUT2D eigenvalue weighted by molar-refractivity contribution is 5.90. The number of aromatic nitrogens is 2. The topological polar surface area (TPSA) is 46.9 Å². The van der Waals surface area contributed by atoms with E-state index in [2.05, 4.69) is 22.5 Å². The van der Waals surface area contributed by atoms with E-state index in [1.54, 1.807) is 0 Å². The number of anilines is 1. The third kappa shape index (κ3) is 3.75. The fourth-order valence-corrected chi connectivity index (χ4v) is 3.19. The smallest absolute Gasteiger partial charge is 0.225 e. The number of hydrogen-bond acceptors (Lipinski definition) is 2. The number of rotatable bonds is 5. The van der Waals surface area contributed by atoms with Gasteiger partial charge in [0.1, 0.15) is 5.82 Å². The predicted octanol–water partition coefficient (Wildman–Crippen LogP) is 3.76. The fourth-order valence-electron chi connectivity index (χ4n) is 3.19. The van der Waals surface area contributed by atoms with Crippen LogP contribution in [0.4, 0.5) is 5.82 Å². The van der Waals surface area contributed by atoms with Crippen LogP contribution in [0, 0.1) is 12.8 Å². The number of nitrogens with zero attached hydrogens (tertiary/aromatic N) is 2. The third-order valence-electron chi connectivity index (χ3n) is 4.29. The zero-order valence-electron chi connectivity index (χ0n) is 13.1. The number of carbonyl (C=O) groups excluding carboxylic acids is 1. The van der Waals surface area contributed by atoms with Crippen molar-refractivity contribution in [3.63, 3.8) is 0 Å². The van der Waals surface area contributed by atoms with Crippen LogP contribution in [0.3, 0.4) is 0 Å². The van der Waals surface area contributed by atoms with Crippen molar-refractivity contribution in [2.75, 3.05) is 5.32 Å². The third-order valence-corrected chi connectivity index (χ3v) is 4.29. The van der Waals surface area contributed by atoms with Crippen LogP contribution >= 0.6 is 0 Å². The van der Waals surface area contributed by atoms with Crippen LogP contribution in [0.5, 0.6) is 0 Å². The number of hydrogen-bond donors (Lipinski definition) is 1. The number of nitrogens with one attached hydrogen (secondary N) is 1. The first-order chi connectivity index (χ1) is 10.7. The Balaban J connectivity index is 1.66. The minimum Gasteiger partial charge on any atom is -0.311 e. The van der Waals surface area contributed by atoms with E-state index in [1.165, 1.54) is 31.2 Å². The second kappa shape index (κ2) is 6.77. The number of benzene rings is 1. The molecule has 0 atom stereocenters. The Morgan fingerprint density at radius 2 is 2.00 bits per heavy atom. The zero-order chi connectivity index (χ0) is 15.4. The molecule has 0 unspecified atom stereocenters. The van der Waals surface area contributed by atoms with Crippen LogP contribution in [-0.2, 0) is 11.3 Å². The monoisotopic (exact) mass is 297 g/mol. The van der Waals surface area contributed by atoms with Crippen molar-refractivity contribution in [3.05, 3.63) is 47.7 Å². The molecule has 0 bridgehead atoms. The van der Waals surface area contributed by atoms with Gasteiger partial charge in [-0.1, -0.05) is 43.2 Å². The summed E-state index contributed by atoms with van der Waals surface area (Å²) in [7, 11) is 0. The molecule has 2 aromatic rings. The number of carbonyl (C=O) groups is 1. The Hall–Kier alpha value is -2.10. The van der Waals surface area contributed by atoms with E-state index in [9.17, 15) is 4.79 Å². The summed E-state index contributed by atoms with van der Waals surface area (Å²) in [6, 6.07) is 12.1. The molecule has 1 heterocycles. The molecule has 0 aliphatic heterocycles. The quantitative estimate of drug-likeness (QED) is 0.913. The lowest BCUT2D eigenvalue weighted by Crippen LogP contribution is -2.18. The molecule has 0 radical (unpaired) electrons. The van der Waals surface area contributed by atoms with Gasteiger partial charge >= 0.3 is 0 Å². The fraction of sp³-hybridized carbons (Fsp3) is 0.444. The van der Waals surface area contributed by atoms with Crippen LogP contribution in [0.1, 0.15) is 43.4 Å². The summed E-state index contributed by atoms with van der Waals surface area (Å²) < 4.78 is 1.87. The maximum Gasteiger partial charge on any atom is 0.225 e. The van der Waals surface area contributed by atoms with Crippen LogP contribution in [0.2, 0.25) is 0 Å². The van der Waals surface area contributed by atoms with Gasteiger partial charge in [-0.2, -0.15) is 5.10 Å². The van der Waals surface area contributed by atoms with Gasteiger partial charge in [0.15, 0.2) is 0 Å². The average molecular weight is 297 g/mol. The van der Waals surface area contributed by atoms with Gasteiger partial charge in [0.2, 0.25) is 5.91 Å². The van der Waals surface area contributed by atoms with Crippen molar-refractivity contribution in [1.82, 2.24) is 9.78 Å². The highest BCUT2D eigenvalue weighted by atomic mass is 16.1. The maximum absolute atomic E-state index is 12.2. The molecule has 1 aromatic heterocycles. The number of aryl methyl sites for hydroxylation is 1. The second-order valence-corrected chi connectivity index (χ2v) is 6.22. The highest BCUT2D eigenvalue weighted by Crippen LogP contribution is 2.27. The Labute approximate surface area is 131 Å². The Kier molecular flexibility index (Phi) is 4.56. The molecule has 1 saturated carbocycles. The summed E-state index contributed by atoms with van der Waals surface area (Å²) in [5.41, 5.74) is 2.10. The predicted molar refractivity (Wildman–Crippen MR) is 87.7 cm³/mol. The molecule has 1 aromatic carbocycles. The van der Waals surface area contributed by atoms with Gasteiger partial charge in [0.25, 0.3) is 0 Å². The van der Waals surface area contributed by atoms with Gasteiger partial charge in [-0.05, 0) is 31.2 Å². The lowest BCUT2D eigenvalue weighted by molar-refractivity contribution is -0.117. The molecular formula is C18H23N3O. The lowest BCUT2D eigenvalue weighted by Gasteiger charge is -2.11. The standard InChI is InChI=1S/C18H23N3O/c1-14-11-17(19-18(22)12-15-7-5-6-8-15)21(20-14)13-16-9-3-2-4-10-16/h2-4,9-11,15H,5-8,12-13H2,1H3,(H,19,22). The normalized spacial score (nSPS) is 15.1. The highest BCUT2D eigenvalue weighted by Gasteiger charge is 2.19. The molecule has 4 heteroatoms. The number of amides is 1. The summed E-state index contributed by atoms with van der Waals surface area (Å²) in [5.74, 6) is 1.47. The van der Waals surface area contributed by atoms with Crippen molar-refractivity contribution in [2.45, 2.75) is 45.6 Å². The van der Waals surface area contributed by atoms with Gasteiger partial charge < -0.3 is 5.32 Å². The van der Waals surface area contributed by atoms with E-state index < -0.39 is 0 Å². The Morgan fingerprint density at radius 1 is 1.27 bits per heavy atom. The van der Waals surface area contributed by atoms with E-state index >= 15 is 0 Å². The summed E-state index contributed by atoms with van der Waals surface area (Å²) in [6.45, 7) is 2.63. The summed E-state index contributed by atoms with van der Waals surface area (Å²) in [6.07, 6.45) is 5.55. The van der Waals surface area contributed by atoms with E-state index in [0.717, 1.165) is 11.5 Å². The minimum absolute atomic E-state index is 0.112. The summed E-state index contributed by atoms with van der Waals surface area (Å²) in [5, 5.41) is 7.53. The molecule has 0 spiro atoms. The van der Waals surface area contributed by atoms with E-state index in [0.29, 0.717) is 18.9 Å². The summed E-state index contributed by atoms with van der Waals surface area (Å²) >= 11 is 0. The van der Waals surface area contributed by atoms with Crippen molar-refractivity contribution < 1.29 is 4.79 Å². The molecule has 1 fully saturated rings. The molecule has 3 rings (SSSR count). The van der Waals surface area contributed by atoms with Gasteiger partial charge in [-0.3, -0.25) is 4.79 Å². The molecule has 4 nitrogen and oxygen atoms in total. The molecule has 0 saturated heterocycles.